The van der Waals surface area contributed by atoms with Crippen LogP contribution in [-0.4, -0.2) is 19.9 Å². The van der Waals surface area contributed by atoms with E-state index < -0.39 is 10.0 Å². The van der Waals surface area contributed by atoms with Crippen LogP contribution in [0.1, 0.15) is 15.4 Å². The van der Waals surface area contributed by atoms with Gasteiger partial charge in [-0.25, -0.2) is 18.1 Å². The number of aromatic nitrogens is 1. The molecule has 1 heterocycles. The van der Waals surface area contributed by atoms with Crippen molar-refractivity contribution in [2.24, 2.45) is 5.73 Å². The van der Waals surface area contributed by atoms with E-state index >= 15 is 0 Å². The first kappa shape index (κ1) is 15.7. The highest BCUT2D eigenvalue weighted by molar-refractivity contribution is 7.89. The molecular formula is C14H15N3O2S2. The molecule has 0 saturated carbocycles. The SMILES string of the molecule is Cc1ncc(CNS(=O)(=O)c2cccc(C#CCN)c2)s1. The normalized spacial score (nSPS) is 11.0. The number of nitrogens with zero attached hydrogens (tertiary/aromatic N) is 1. The van der Waals surface area contributed by atoms with Gasteiger partial charge in [0.05, 0.1) is 16.4 Å². The molecule has 0 atom stereocenters. The number of aryl methyl sites for hydroxylation is 1. The summed E-state index contributed by atoms with van der Waals surface area (Å²) in [6.45, 7) is 2.34. The molecule has 110 valence electrons. The molecule has 0 radical (unpaired) electrons. The molecule has 0 unspecified atom stereocenters. The third-order valence-electron chi connectivity index (χ3n) is 2.58. The van der Waals surface area contributed by atoms with Crippen LogP contribution in [0.5, 0.6) is 0 Å². The molecule has 3 N–H and O–H groups in total. The lowest BCUT2D eigenvalue weighted by atomic mass is 10.2. The van der Waals surface area contributed by atoms with Crippen molar-refractivity contribution in [1.29, 1.82) is 0 Å². The van der Waals surface area contributed by atoms with Gasteiger partial charge >= 0.3 is 0 Å². The predicted molar refractivity (Wildman–Crippen MR) is 83.3 cm³/mol. The average molecular weight is 321 g/mol. The van der Waals surface area contributed by atoms with Crippen molar-refractivity contribution in [3.8, 4) is 11.8 Å². The Hall–Kier alpha value is -1.72. The van der Waals surface area contributed by atoms with E-state index in [9.17, 15) is 8.42 Å². The van der Waals surface area contributed by atoms with Gasteiger partial charge in [0, 0.05) is 23.2 Å². The molecule has 0 amide bonds. The van der Waals surface area contributed by atoms with Crippen molar-refractivity contribution in [3.05, 3.63) is 45.9 Å². The van der Waals surface area contributed by atoms with Gasteiger partial charge in [-0.15, -0.1) is 11.3 Å². The van der Waals surface area contributed by atoms with Gasteiger partial charge < -0.3 is 5.73 Å². The zero-order valence-electron chi connectivity index (χ0n) is 11.5. The van der Waals surface area contributed by atoms with Gasteiger partial charge in [0.2, 0.25) is 10.0 Å². The maximum atomic E-state index is 12.2. The largest absolute Gasteiger partial charge is 0.320 e. The van der Waals surface area contributed by atoms with Gasteiger partial charge in [0.1, 0.15) is 0 Å². The van der Waals surface area contributed by atoms with Crippen molar-refractivity contribution >= 4 is 21.4 Å². The van der Waals surface area contributed by atoms with E-state index in [4.69, 9.17) is 5.73 Å². The smallest absolute Gasteiger partial charge is 0.240 e. The summed E-state index contributed by atoms with van der Waals surface area (Å²) in [7, 11) is -3.57. The van der Waals surface area contributed by atoms with Crippen LogP contribution in [0.3, 0.4) is 0 Å². The number of nitrogens with one attached hydrogen (secondary N) is 1. The number of hydrogen-bond donors (Lipinski definition) is 2. The summed E-state index contributed by atoms with van der Waals surface area (Å²) in [4.78, 5) is 5.15. The minimum Gasteiger partial charge on any atom is -0.320 e. The van der Waals surface area contributed by atoms with Crippen molar-refractivity contribution in [2.75, 3.05) is 6.54 Å². The second kappa shape index (κ2) is 6.83. The summed E-state index contributed by atoms with van der Waals surface area (Å²) >= 11 is 1.46. The minimum atomic E-state index is -3.57. The first-order valence-corrected chi connectivity index (χ1v) is 8.51. The van der Waals surface area contributed by atoms with Crippen LogP contribution in [-0.2, 0) is 16.6 Å². The van der Waals surface area contributed by atoms with Crippen LogP contribution in [0.15, 0.2) is 35.4 Å². The topological polar surface area (TPSA) is 85.1 Å². The van der Waals surface area contributed by atoms with E-state index in [0.29, 0.717) is 5.56 Å². The summed E-state index contributed by atoms with van der Waals surface area (Å²) < 4.78 is 27.0. The lowest BCUT2D eigenvalue weighted by molar-refractivity contribution is 0.581. The molecule has 0 saturated heterocycles. The fraction of sp³-hybridized carbons (Fsp3) is 0.214. The maximum absolute atomic E-state index is 12.2. The molecule has 0 bridgehead atoms. The molecule has 7 heteroatoms. The summed E-state index contributed by atoms with van der Waals surface area (Å²) in [6, 6.07) is 6.47. The van der Waals surface area contributed by atoms with E-state index in [1.807, 2.05) is 6.92 Å². The first-order valence-electron chi connectivity index (χ1n) is 6.21. The Balaban J connectivity index is 2.15. The lowest BCUT2D eigenvalue weighted by Crippen LogP contribution is -2.22. The van der Waals surface area contributed by atoms with Crippen molar-refractivity contribution in [1.82, 2.24) is 9.71 Å². The average Bonchev–Trinajstić information content (AvgIpc) is 2.89. The fourth-order valence-electron chi connectivity index (χ4n) is 1.63. The second-order valence-corrected chi connectivity index (χ2v) is 7.29. The van der Waals surface area contributed by atoms with Crippen LogP contribution in [0, 0.1) is 18.8 Å². The maximum Gasteiger partial charge on any atom is 0.240 e. The van der Waals surface area contributed by atoms with Crippen LogP contribution >= 0.6 is 11.3 Å². The lowest BCUT2D eigenvalue weighted by Gasteiger charge is -2.05. The molecule has 1 aromatic carbocycles. The monoisotopic (exact) mass is 321 g/mol. The fourth-order valence-corrected chi connectivity index (χ4v) is 3.51. The minimum absolute atomic E-state index is 0.188. The van der Waals surface area contributed by atoms with Crippen LogP contribution < -0.4 is 10.5 Å². The van der Waals surface area contributed by atoms with Crippen molar-refractivity contribution in [3.63, 3.8) is 0 Å². The standard InChI is InChI=1S/C14H15N3O2S2/c1-11-16-9-13(20-11)10-17-21(18,19)14-6-2-4-12(8-14)5-3-7-15/h2,4,6,8-9,17H,7,10,15H2,1H3. The number of thiazole rings is 1. The van der Waals surface area contributed by atoms with E-state index in [0.717, 1.165) is 9.88 Å². The third kappa shape index (κ3) is 4.37. The molecular weight excluding hydrogens is 306 g/mol. The predicted octanol–water partition coefficient (Wildman–Crippen LogP) is 1.24. The second-order valence-electron chi connectivity index (χ2n) is 4.20. The molecule has 0 aliphatic heterocycles. The van der Waals surface area contributed by atoms with Gasteiger partial charge in [0.25, 0.3) is 0 Å². The Bertz CT molecular complexity index is 786. The van der Waals surface area contributed by atoms with Crippen LogP contribution in [0.2, 0.25) is 0 Å². The Morgan fingerprint density at radius 3 is 2.90 bits per heavy atom. The van der Waals surface area contributed by atoms with E-state index in [-0.39, 0.29) is 18.0 Å². The highest BCUT2D eigenvalue weighted by Crippen LogP contribution is 2.14. The zero-order valence-corrected chi connectivity index (χ0v) is 13.1. The molecule has 0 aliphatic rings. The molecule has 0 aliphatic carbocycles. The number of hydrogen-bond acceptors (Lipinski definition) is 5. The molecule has 1 aromatic heterocycles. The summed E-state index contributed by atoms with van der Waals surface area (Å²) in [5, 5.41) is 0.906. The zero-order chi connectivity index (χ0) is 15.3. The summed E-state index contributed by atoms with van der Waals surface area (Å²) in [6.07, 6.45) is 1.67. The summed E-state index contributed by atoms with van der Waals surface area (Å²) in [5.41, 5.74) is 5.93. The quantitative estimate of drug-likeness (QED) is 0.830. The van der Waals surface area contributed by atoms with Crippen molar-refractivity contribution < 1.29 is 8.42 Å². The summed E-state index contributed by atoms with van der Waals surface area (Å²) in [5.74, 6) is 5.52. The van der Waals surface area contributed by atoms with Gasteiger partial charge in [-0.3, -0.25) is 0 Å². The Morgan fingerprint density at radius 2 is 2.24 bits per heavy atom. The van der Waals surface area contributed by atoms with Crippen molar-refractivity contribution in [2.45, 2.75) is 18.4 Å². The Labute approximate surface area is 128 Å². The Kier molecular flexibility index (Phi) is 5.09. The number of nitrogens with two attached hydrogens (primary N) is 1. The number of sulfonamides is 1. The van der Waals surface area contributed by atoms with Gasteiger partial charge in [-0.05, 0) is 25.1 Å². The van der Waals surface area contributed by atoms with E-state index in [2.05, 4.69) is 21.5 Å². The number of benzene rings is 1. The van der Waals surface area contributed by atoms with Gasteiger partial charge in [-0.1, -0.05) is 17.9 Å². The molecule has 0 spiro atoms. The molecule has 5 nitrogen and oxygen atoms in total. The highest BCUT2D eigenvalue weighted by Gasteiger charge is 2.14. The van der Waals surface area contributed by atoms with Crippen LogP contribution in [0.4, 0.5) is 0 Å². The molecule has 0 fully saturated rings. The molecule has 21 heavy (non-hydrogen) atoms. The van der Waals surface area contributed by atoms with E-state index in [1.165, 1.54) is 23.5 Å². The first-order chi connectivity index (χ1) is 10.0. The van der Waals surface area contributed by atoms with E-state index in [1.54, 1.807) is 18.3 Å². The Morgan fingerprint density at radius 1 is 1.43 bits per heavy atom. The van der Waals surface area contributed by atoms with Crippen LogP contribution in [0.25, 0.3) is 0 Å². The van der Waals surface area contributed by atoms with Gasteiger partial charge in [-0.2, -0.15) is 0 Å². The van der Waals surface area contributed by atoms with Gasteiger partial charge in [0.15, 0.2) is 0 Å². The highest BCUT2D eigenvalue weighted by atomic mass is 32.2. The number of rotatable bonds is 4. The molecule has 2 aromatic rings. The third-order valence-corrected chi connectivity index (χ3v) is 4.90. The molecule has 2 rings (SSSR count).